The molecule has 0 radical (unpaired) electrons. The molecule has 1 aliphatic heterocycles. The fourth-order valence-electron chi connectivity index (χ4n) is 1.46. The molecule has 0 bridgehead atoms. The van der Waals surface area contributed by atoms with E-state index in [2.05, 4.69) is 5.32 Å². The van der Waals surface area contributed by atoms with Crippen molar-refractivity contribution in [3.63, 3.8) is 0 Å². The van der Waals surface area contributed by atoms with E-state index in [4.69, 9.17) is 5.11 Å². The standard InChI is InChI=1S/C10H10FNO2/c11-10(5-12-6-10)8-3-1-7(2-4-8)9(13)14/h1-4,12H,5-6H2,(H,13,14). The van der Waals surface area contributed by atoms with Gasteiger partial charge in [0.25, 0.3) is 0 Å². The number of hydrogen-bond acceptors (Lipinski definition) is 2. The summed E-state index contributed by atoms with van der Waals surface area (Å²) in [5.41, 5.74) is -0.581. The van der Waals surface area contributed by atoms with E-state index in [0.29, 0.717) is 18.7 Å². The first-order valence-corrected chi connectivity index (χ1v) is 4.35. The van der Waals surface area contributed by atoms with E-state index >= 15 is 0 Å². The highest BCUT2D eigenvalue weighted by atomic mass is 19.1. The zero-order chi connectivity index (χ0) is 10.2. The Labute approximate surface area is 80.6 Å². The molecule has 0 spiro atoms. The van der Waals surface area contributed by atoms with Gasteiger partial charge in [0.1, 0.15) is 0 Å². The minimum absolute atomic E-state index is 0.185. The molecule has 4 heteroatoms. The van der Waals surface area contributed by atoms with Gasteiger partial charge in [-0.05, 0) is 17.7 Å². The fraction of sp³-hybridized carbons (Fsp3) is 0.300. The second-order valence-corrected chi connectivity index (χ2v) is 3.45. The average molecular weight is 195 g/mol. The second-order valence-electron chi connectivity index (χ2n) is 3.45. The number of rotatable bonds is 2. The third kappa shape index (κ3) is 1.37. The maximum Gasteiger partial charge on any atom is 0.335 e. The Hall–Kier alpha value is -1.42. The number of halogens is 1. The second kappa shape index (κ2) is 3.06. The van der Waals surface area contributed by atoms with E-state index < -0.39 is 11.6 Å². The van der Waals surface area contributed by atoms with E-state index in [1.165, 1.54) is 24.3 Å². The van der Waals surface area contributed by atoms with E-state index in [1.54, 1.807) is 0 Å². The van der Waals surface area contributed by atoms with Crippen LogP contribution in [-0.2, 0) is 5.67 Å². The zero-order valence-corrected chi connectivity index (χ0v) is 7.46. The fourth-order valence-corrected chi connectivity index (χ4v) is 1.46. The zero-order valence-electron chi connectivity index (χ0n) is 7.46. The van der Waals surface area contributed by atoms with Crippen LogP contribution in [0, 0.1) is 0 Å². The van der Waals surface area contributed by atoms with Crippen molar-refractivity contribution in [1.29, 1.82) is 0 Å². The molecule has 0 amide bonds. The van der Waals surface area contributed by atoms with Gasteiger partial charge in [-0.15, -0.1) is 0 Å². The van der Waals surface area contributed by atoms with Gasteiger partial charge >= 0.3 is 5.97 Å². The molecule has 1 fully saturated rings. The van der Waals surface area contributed by atoms with Crippen molar-refractivity contribution in [3.8, 4) is 0 Å². The Kier molecular flexibility index (Phi) is 2.00. The predicted molar refractivity (Wildman–Crippen MR) is 49.1 cm³/mol. The molecular formula is C10H10FNO2. The van der Waals surface area contributed by atoms with Gasteiger partial charge in [-0.25, -0.2) is 9.18 Å². The highest BCUT2D eigenvalue weighted by Gasteiger charge is 2.38. The lowest BCUT2D eigenvalue weighted by atomic mass is 9.90. The molecule has 14 heavy (non-hydrogen) atoms. The van der Waals surface area contributed by atoms with Crippen LogP contribution < -0.4 is 5.32 Å². The highest BCUT2D eigenvalue weighted by molar-refractivity contribution is 5.87. The number of carboxylic acids is 1. The monoisotopic (exact) mass is 195 g/mol. The van der Waals surface area contributed by atoms with Crippen molar-refractivity contribution < 1.29 is 14.3 Å². The highest BCUT2D eigenvalue weighted by Crippen LogP contribution is 2.29. The van der Waals surface area contributed by atoms with Crippen LogP contribution in [0.1, 0.15) is 15.9 Å². The Balaban J connectivity index is 2.25. The molecule has 0 saturated carbocycles. The minimum atomic E-state index is -1.31. The van der Waals surface area contributed by atoms with Crippen LogP contribution in [0.3, 0.4) is 0 Å². The van der Waals surface area contributed by atoms with Gasteiger partial charge in [0.05, 0.1) is 5.56 Å². The number of nitrogens with one attached hydrogen (secondary N) is 1. The summed E-state index contributed by atoms with van der Waals surface area (Å²) in [7, 11) is 0. The van der Waals surface area contributed by atoms with Crippen LogP contribution in [0.2, 0.25) is 0 Å². The largest absolute Gasteiger partial charge is 0.478 e. The molecule has 74 valence electrons. The first-order valence-electron chi connectivity index (χ1n) is 4.35. The molecule has 1 aliphatic rings. The molecule has 3 nitrogen and oxygen atoms in total. The molecule has 1 aromatic rings. The number of hydrogen-bond donors (Lipinski definition) is 2. The molecule has 0 unspecified atom stereocenters. The first-order chi connectivity index (χ1) is 6.62. The van der Waals surface area contributed by atoms with Crippen molar-refractivity contribution in [2.75, 3.05) is 13.1 Å². The lowest BCUT2D eigenvalue weighted by molar-refractivity contribution is 0.0695. The maximum atomic E-state index is 13.8. The Morgan fingerprint density at radius 1 is 1.36 bits per heavy atom. The summed E-state index contributed by atoms with van der Waals surface area (Å²) in [6.07, 6.45) is 0. The van der Waals surface area contributed by atoms with Gasteiger partial charge in [0, 0.05) is 13.1 Å². The minimum Gasteiger partial charge on any atom is -0.478 e. The van der Waals surface area contributed by atoms with Crippen molar-refractivity contribution in [1.82, 2.24) is 5.32 Å². The third-order valence-electron chi connectivity index (χ3n) is 2.46. The summed E-state index contributed by atoms with van der Waals surface area (Å²) in [5.74, 6) is -0.990. The number of aromatic carboxylic acids is 1. The molecule has 0 aliphatic carbocycles. The molecule has 2 rings (SSSR count). The number of alkyl halides is 1. The van der Waals surface area contributed by atoms with Gasteiger partial charge in [-0.1, -0.05) is 12.1 Å². The lowest BCUT2D eigenvalue weighted by Gasteiger charge is -2.35. The van der Waals surface area contributed by atoms with Crippen molar-refractivity contribution in [2.45, 2.75) is 5.67 Å². The van der Waals surface area contributed by atoms with E-state index in [-0.39, 0.29) is 5.56 Å². The predicted octanol–water partition coefficient (Wildman–Crippen LogP) is 1.15. The van der Waals surface area contributed by atoms with Crippen molar-refractivity contribution in [3.05, 3.63) is 35.4 Å². The van der Waals surface area contributed by atoms with Crippen LogP contribution >= 0.6 is 0 Å². The normalized spacial score (nSPS) is 18.6. The molecule has 0 atom stereocenters. The van der Waals surface area contributed by atoms with Gasteiger partial charge in [0.2, 0.25) is 0 Å². The van der Waals surface area contributed by atoms with Crippen molar-refractivity contribution >= 4 is 5.97 Å². The van der Waals surface area contributed by atoms with Crippen LogP contribution in [0.15, 0.2) is 24.3 Å². The summed E-state index contributed by atoms with van der Waals surface area (Å²) >= 11 is 0. The summed E-state index contributed by atoms with van der Waals surface area (Å²) in [6.45, 7) is 0.610. The third-order valence-corrected chi connectivity index (χ3v) is 2.46. The first kappa shape index (κ1) is 9.15. The maximum absolute atomic E-state index is 13.8. The average Bonchev–Trinajstić information content (AvgIpc) is 2.14. The number of benzene rings is 1. The van der Waals surface area contributed by atoms with Crippen LogP contribution in [0.4, 0.5) is 4.39 Å². The molecule has 2 N–H and O–H groups in total. The Morgan fingerprint density at radius 3 is 2.29 bits per heavy atom. The van der Waals surface area contributed by atoms with Gasteiger partial charge in [0.15, 0.2) is 5.67 Å². The molecule has 1 saturated heterocycles. The van der Waals surface area contributed by atoms with Gasteiger partial charge in [-0.3, -0.25) is 0 Å². The smallest absolute Gasteiger partial charge is 0.335 e. The van der Waals surface area contributed by atoms with E-state index in [1.807, 2.05) is 0 Å². The Bertz CT molecular complexity index is 357. The summed E-state index contributed by atoms with van der Waals surface area (Å²) in [6, 6.07) is 5.92. The summed E-state index contributed by atoms with van der Waals surface area (Å²) < 4.78 is 13.8. The number of carbonyl (C=O) groups is 1. The van der Waals surface area contributed by atoms with Crippen LogP contribution in [0.25, 0.3) is 0 Å². The summed E-state index contributed by atoms with van der Waals surface area (Å²) in [4.78, 5) is 10.5. The van der Waals surface area contributed by atoms with Crippen LogP contribution in [-0.4, -0.2) is 24.2 Å². The van der Waals surface area contributed by atoms with Crippen LogP contribution in [0.5, 0.6) is 0 Å². The quantitative estimate of drug-likeness (QED) is 0.744. The molecule has 0 aromatic heterocycles. The van der Waals surface area contributed by atoms with Crippen molar-refractivity contribution in [2.24, 2.45) is 0 Å². The van der Waals surface area contributed by atoms with Gasteiger partial charge in [-0.2, -0.15) is 0 Å². The van der Waals surface area contributed by atoms with Gasteiger partial charge < -0.3 is 10.4 Å². The lowest BCUT2D eigenvalue weighted by Crippen LogP contribution is -2.53. The summed E-state index contributed by atoms with van der Waals surface area (Å²) in [5, 5.41) is 11.5. The number of carboxylic acid groups (broad SMARTS) is 1. The SMILES string of the molecule is O=C(O)c1ccc(C2(F)CNC2)cc1. The molecule has 1 aromatic carbocycles. The molecular weight excluding hydrogens is 185 g/mol. The molecule has 1 heterocycles. The Morgan fingerprint density at radius 2 is 1.93 bits per heavy atom. The topological polar surface area (TPSA) is 49.3 Å². The van der Waals surface area contributed by atoms with E-state index in [0.717, 1.165) is 0 Å². The van der Waals surface area contributed by atoms with E-state index in [9.17, 15) is 9.18 Å².